The molecule has 1 amide bonds. The van der Waals surface area contributed by atoms with Gasteiger partial charge in [-0.1, -0.05) is 115 Å². The minimum absolute atomic E-state index is 0.0729. The number of benzene rings is 5. The van der Waals surface area contributed by atoms with Crippen molar-refractivity contribution < 1.29 is 13.6 Å². The predicted molar refractivity (Wildman–Crippen MR) is 196 cm³/mol. The smallest absolute Gasteiger partial charge is 0.257 e. The van der Waals surface area contributed by atoms with Crippen LogP contribution in [0.3, 0.4) is 0 Å². The Hall–Kier alpha value is -6.38. The molecule has 0 radical (unpaired) electrons. The summed E-state index contributed by atoms with van der Waals surface area (Å²) in [5.74, 6) is -2.49. The van der Waals surface area contributed by atoms with Gasteiger partial charge in [0, 0.05) is 29.1 Å². The van der Waals surface area contributed by atoms with Gasteiger partial charge in [-0.3, -0.25) is 13.9 Å². The third-order valence-corrected chi connectivity index (χ3v) is 9.36. The summed E-state index contributed by atoms with van der Waals surface area (Å²) in [7, 11) is 0. The van der Waals surface area contributed by atoms with Crippen molar-refractivity contribution in [3.63, 3.8) is 0 Å². The fourth-order valence-corrected chi connectivity index (χ4v) is 6.88. The molecule has 0 saturated heterocycles. The Labute approximate surface area is 297 Å². The molecule has 0 unspecified atom stereocenters. The molecule has 6 nitrogen and oxygen atoms in total. The van der Waals surface area contributed by atoms with Crippen LogP contribution in [0.1, 0.15) is 27.0 Å². The first-order valence-corrected chi connectivity index (χ1v) is 16.6. The number of carbonyl (C=O) groups is 1. The molecular weight excluding hydrogens is 664 g/mol. The van der Waals surface area contributed by atoms with Crippen molar-refractivity contribution in [3.05, 3.63) is 203 Å². The Morgan fingerprint density at radius 2 is 1.24 bits per heavy atom. The van der Waals surface area contributed by atoms with Gasteiger partial charge in [-0.25, -0.2) is 13.8 Å². The van der Waals surface area contributed by atoms with Crippen LogP contribution >= 0.6 is 11.6 Å². The largest absolute Gasteiger partial charge is 0.317 e. The number of aromatic nitrogens is 4. The predicted octanol–water partition coefficient (Wildman–Crippen LogP) is 9.89. The van der Waals surface area contributed by atoms with E-state index >= 15 is 0 Å². The zero-order valence-electron chi connectivity index (χ0n) is 26.9. The molecule has 0 fully saturated rings. The van der Waals surface area contributed by atoms with Gasteiger partial charge in [-0.2, -0.15) is 5.10 Å². The van der Waals surface area contributed by atoms with E-state index in [1.165, 1.54) is 12.1 Å². The molecule has 1 N–H and O–H groups in total. The topological polar surface area (TPSA) is 64.2 Å². The van der Waals surface area contributed by atoms with Gasteiger partial charge in [0.25, 0.3) is 5.91 Å². The van der Waals surface area contributed by atoms with Crippen LogP contribution in [0.2, 0.25) is 5.02 Å². The SMILES string of the molecule is O=C(Nc1c(F)cccc1F)c1ccc(-c2cnc3ccc(-c4cnn(C(c5ccccc5)(c5ccccc5)c5ccccc5)c4)cn23)cc1Cl. The van der Waals surface area contributed by atoms with Gasteiger partial charge in [0.05, 0.1) is 28.7 Å². The van der Waals surface area contributed by atoms with E-state index in [0.29, 0.717) is 11.2 Å². The van der Waals surface area contributed by atoms with Crippen LogP contribution in [0.5, 0.6) is 0 Å². The normalized spacial score (nSPS) is 11.5. The molecule has 5 aromatic carbocycles. The van der Waals surface area contributed by atoms with E-state index < -0.39 is 28.8 Å². The number of carbonyl (C=O) groups excluding carboxylic acids is 1. The highest BCUT2D eigenvalue weighted by Gasteiger charge is 2.39. The number of imidazole rings is 1. The Morgan fingerprint density at radius 3 is 1.82 bits per heavy atom. The number of nitrogens with zero attached hydrogens (tertiary/aromatic N) is 4. The lowest BCUT2D eigenvalue weighted by Crippen LogP contribution is -2.38. The molecule has 0 saturated carbocycles. The highest BCUT2D eigenvalue weighted by atomic mass is 35.5. The molecule has 8 aromatic rings. The van der Waals surface area contributed by atoms with E-state index in [2.05, 4.69) is 52.9 Å². The molecule has 0 aliphatic carbocycles. The Bertz CT molecular complexity index is 2400. The molecule has 0 spiro atoms. The lowest BCUT2D eigenvalue weighted by Gasteiger charge is -2.36. The zero-order valence-corrected chi connectivity index (χ0v) is 27.7. The molecule has 0 aliphatic rings. The molecule has 8 rings (SSSR count). The summed E-state index contributed by atoms with van der Waals surface area (Å²) in [6.07, 6.45) is 7.65. The van der Waals surface area contributed by atoms with Crippen LogP contribution in [0.25, 0.3) is 28.0 Å². The minimum atomic E-state index is -0.881. The van der Waals surface area contributed by atoms with E-state index in [-0.39, 0.29) is 10.6 Å². The second-order valence-corrected chi connectivity index (χ2v) is 12.4. The average molecular weight is 692 g/mol. The van der Waals surface area contributed by atoms with Crippen LogP contribution in [-0.2, 0) is 5.54 Å². The van der Waals surface area contributed by atoms with Crippen LogP contribution in [0, 0.1) is 11.6 Å². The molecule has 0 bridgehead atoms. The third-order valence-electron chi connectivity index (χ3n) is 9.05. The van der Waals surface area contributed by atoms with Gasteiger partial charge < -0.3 is 5.32 Å². The van der Waals surface area contributed by atoms with Crippen molar-refractivity contribution in [2.45, 2.75) is 5.54 Å². The number of anilines is 1. The van der Waals surface area contributed by atoms with Crippen LogP contribution < -0.4 is 5.32 Å². The number of hydrogen-bond acceptors (Lipinski definition) is 3. The summed E-state index contributed by atoms with van der Waals surface area (Å²) < 4.78 is 32.3. The number of rotatable bonds is 8. The molecule has 51 heavy (non-hydrogen) atoms. The highest BCUT2D eigenvalue weighted by Crippen LogP contribution is 2.41. The van der Waals surface area contributed by atoms with Crippen molar-refractivity contribution in [1.29, 1.82) is 0 Å². The fourth-order valence-electron chi connectivity index (χ4n) is 6.61. The van der Waals surface area contributed by atoms with Gasteiger partial charge in [0.1, 0.15) is 28.5 Å². The lowest BCUT2D eigenvalue weighted by molar-refractivity contribution is 0.102. The first kappa shape index (κ1) is 31.9. The van der Waals surface area contributed by atoms with Crippen molar-refractivity contribution in [3.8, 4) is 22.4 Å². The number of amides is 1. The van der Waals surface area contributed by atoms with E-state index in [9.17, 15) is 13.6 Å². The second-order valence-electron chi connectivity index (χ2n) is 12.0. The number of pyridine rings is 1. The lowest BCUT2D eigenvalue weighted by atomic mass is 9.77. The molecule has 248 valence electrons. The highest BCUT2D eigenvalue weighted by molar-refractivity contribution is 6.34. The number of halogens is 3. The van der Waals surface area contributed by atoms with Crippen molar-refractivity contribution >= 4 is 28.8 Å². The number of hydrogen-bond donors (Lipinski definition) is 1. The number of para-hydroxylation sites is 1. The number of fused-ring (bicyclic) bond motifs is 1. The molecule has 0 atom stereocenters. The first-order chi connectivity index (χ1) is 24.9. The third kappa shape index (κ3) is 5.65. The number of nitrogens with one attached hydrogen (secondary N) is 1. The summed E-state index contributed by atoms with van der Waals surface area (Å²) in [4.78, 5) is 17.5. The van der Waals surface area contributed by atoms with Gasteiger partial charge in [-0.15, -0.1) is 0 Å². The van der Waals surface area contributed by atoms with E-state index in [1.807, 2.05) is 88.2 Å². The van der Waals surface area contributed by atoms with Crippen molar-refractivity contribution in [1.82, 2.24) is 19.2 Å². The maximum Gasteiger partial charge on any atom is 0.257 e. The summed E-state index contributed by atoms with van der Waals surface area (Å²) >= 11 is 6.57. The quantitative estimate of drug-likeness (QED) is 0.161. The fraction of sp³-hybridized carbons (Fsp3) is 0.0238. The standard InChI is InChI=1S/C42H28ClF2N5O/c43-35-23-28(19-21-34(35)41(51)48-40-36(44)17-10-18-37(40)45)38-25-46-39-22-20-29(26-49(38)39)30-24-47-50(27-30)42(31-11-4-1-5-12-31,32-13-6-2-7-14-32)33-15-8-3-9-16-33/h1-27H,(H,48,51). The average Bonchev–Trinajstić information content (AvgIpc) is 3.83. The van der Waals surface area contributed by atoms with Crippen LogP contribution in [-0.4, -0.2) is 25.1 Å². The Balaban J connectivity index is 1.18. The maximum absolute atomic E-state index is 14.2. The second kappa shape index (κ2) is 13.2. The first-order valence-electron chi connectivity index (χ1n) is 16.2. The molecule has 3 heterocycles. The van der Waals surface area contributed by atoms with Gasteiger partial charge in [-0.05, 0) is 53.1 Å². The van der Waals surface area contributed by atoms with E-state index in [4.69, 9.17) is 16.7 Å². The molecular formula is C42H28ClF2N5O. The van der Waals surface area contributed by atoms with Gasteiger partial charge in [0.2, 0.25) is 0 Å². The molecule has 3 aromatic heterocycles. The Morgan fingerprint density at radius 1 is 0.647 bits per heavy atom. The summed E-state index contributed by atoms with van der Waals surface area (Å²) in [6, 6.07) is 43.3. The maximum atomic E-state index is 14.2. The van der Waals surface area contributed by atoms with E-state index in [1.54, 1.807) is 18.3 Å². The van der Waals surface area contributed by atoms with Crippen LogP contribution in [0.4, 0.5) is 14.5 Å². The van der Waals surface area contributed by atoms with Crippen LogP contribution in [0.15, 0.2) is 164 Å². The molecule has 9 heteroatoms. The monoisotopic (exact) mass is 691 g/mol. The minimum Gasteiger partial charge on any atom is -0.317 e. The van der Waals surface area contributed by atoms with Crippen molar-refractivity contribution in [2.75, 3.05) is 5.32 Å². The van der Waals surface area contributed by atoms with Crippen molar-refractivity contribution in [2.24, 2.45) is 0 Å². The summed E-state index contributed by atoms with van der Waals surface area (Å²) in [5, 5.41) is 7.42. The van der Waals surface area contributed by atoms with Gasteiger partial charge in [0.15, 0.2) is 0 Å². The van der Waals surface area contributed by atoms with E-state index in [0.717, 1.165) is 45.6 Å². The molecule has 0 aliphatic heterocycles. The van der Waals surface area contributed by atoms with Gasteiger partial charge >= 0.3 is 0 Å². The summed E-state index contributed by atoms with van der Waals surface area (Å²) in [5.41, 5.74) is 5.94. The summed E-state index contributed by atoms with van der Waals surface area (Å²) in [6.45, 7) is 0. The zero-order chi connectivity index (χ0) is 35.0. The Kier molecular flexibility index (Phi) is 8.22.